The molecule has 0 bridgehead atoms. The molecular weight excluding hydrogens is 374 g/mol. The Morgan fingerprint density at radius 2 is 1.73 bits per heavy atom. The van der Waals surface area contributed by atoms with Gasteiger partial charge in [-0.25, -0.2) is 0 Å². The summed E-state index contributed by atoms with van der Waals surface area (Å²) in [5.74, 6) is 1.41. The number of nitrogen functional groups attached to an aromatic ring is 1. The van der Waals surface area contributed by atoms with Crippen LogP contribution in [0.1, 0.15) is 32.8 Å². The highest BCUT2D eigenvalue weighted by atomic mass is 16.5. The molecule has 1 atom stereocenters. The molecule has 4 heteroatoms. The van der Waals surface area contributed by atoms with Gasteiger partial charge in [0.05, 0.1) is 19.4 Å². The van der Waals surface area contributed by atoms with Crippen molar-refractivity contribution in [3.8, 4) is 16.9 Å². The monoisotopic (exact) mass is 405 g/mol. The van der Waals surface area contributed by atoms with Crippen molar-refractivity contribution < 1.29 is 14.3 Å². The Kier molecular flexibility index (Phi) is 6.99. The van der Waals surface area contributed by atoms with Gasteiger partial charge in [0, 0.05) is 12.0 Å². The smallest absolute Gasteiger partial charge is 0.305 e. The van der Waals surface area contributed by atoms with Crippen LogP contribution in [0.3, 0.4) is 0 Å². The summed E-state index contributed by atoms with van der Waals surface area (Å²) in [4.78, 5) is 11.6. The number of anilines is 1. The van der Waals surface area contributed by atoms with Gasteiger partial charge < -0.3 is 15.2 Å². The van der Waals surface area contributed by atoms with Gasteiger partial charge in [-0.05, 0) is 58.4 Å². The van der Waals surface area contributed by atoms with E-state index >= 15 is 0 Å². The van der Waals surface area contributed by atoms with Gasteiger partial charge in [0.15, 0.2) is 0 Å². The minimum Gasteiger partial charge on any atom is -0.490 e. The first-order valence-electron chi connectivity index (χ1n) is 10.5. The van der Waals surface area contributed by atoms with Gasteiger partial charge in [0.25, 0.3) is 0 Å². The number of carbonyl (C=O) groups is 1. The predicted molar refractivity (Wildman–Crippen MR) is 124 cm³/mol. The van der Waals surface area contributed by atoms with Crippen molar-refractivity contribution in [3.63, 3.8) is 0 Å². The number of fused-ring (bicyclic) bond motifs is 1. The Balaban J connectivity index is 2.02. The highest BCUT2D eigenvalue weighted by Gasteiger charge is 2.16. The number of benzene rings is 3. The normalized spacial score (nSPS) is 12.2. The molecule has 3 aromatic carbocycles. The van der Waals surface area contributed by atoms with E-state index < -0.39 is 0 Å². The molecule has 30 heavy (non-hydrogen) atoms. The van der Waals surface area contributed by atoms with E-state index in [2.05, 4.69) is 57.2 Å². The minimum atomic E-state index is -0.230. The van der Waals surface area contributed by atoms with Crippen LogP contribution in [0, 0.1) is 11.8 Å². The van der Waals surface area contributed by atoms with Gasteiger partial charge >= 0.3 is 5.97 Å². The van der Waals surface area contributed by atoms with Crippen molar-refractivity contribution in [1.82, 2.24) is 0 Å². The lowest BCUT2D eigenvalue weighted by atomic mass is 9.96. The second kappa shape index (κ2) is 9.66. The van der Waals surface area contributed by atoms with Crippen LogP contribution in [0.4, 0.5) is 5.69 Å². The van der Waals surface area contributed by atoms with Crippen molar-refractivity contribution in [1.29, 1.82) is 0 Å². The fourth-order valence-electron chi connectivity index (χ4n) is 3.35. The molecule has 0 spiro atoms. The summed E-state index contributed by atoms with van der Waals surface area (Å²) in [7, 11) is 1.41. The summed E-state index contributed by atoms with van der Waals surface area (Å²) in [6, 6.07) is 18.6. The van der Waals surface area contributed by atoms with Crippen LogP contribution in [0.15, 0.2) is 54.6 Å². The van der Waals surface area contributed by atoms with Gasteiger partial charge in [-0.15, -0.1) is 0 Å². The van der Waals surface area contributed by atoms with Crippen molar-refractivity contribution in [2.45, 2.75) is 33.6 Å². The molecule has 158 valence electrons. The van der Waals surface area contributed by atoms with Gasteiger partial charge in [-0.2, -0.15) is 0 Å². The molecule has 0 saturated heterocycles. The first-order valence-corrected chi connectivity index (χ1v) is 10.5. The van der Waals surface area contributed by atoms with Crippen molar-refractivity contribution in [3.05, 3.63) is 60.2 Å². The second-order valence-electron chi connectivity index (χ2n) is 8.23. The third kappa shape index (κ3) is 5.12. The van der Waals surface area contributed by atoms with Gasteiger partial charge in [0.2, 0.25) is 0 Å². The number of aryl methyl sites for hydroxylation is 1. The average Bonchev–Trinajstić information content (AvgIpc) is 2.75. The minimum absolute atomic E-state index is 0.230. The van der Waals surface area contributed by atoms with Gasteiger partial charge in [-0.1, -0.05) is 57.2 Å². The number of carbonyl (C=O) groups excluding carboxylic acids is 1. The number of hydrogen-bond donors (Lipinski definition) is 1. The molecular formula is C26H31NO3. The number of rotatable bonds is 8. The Labute approximate surface area is 179 Å². The van der Waals surface area contributed by atoms with Crippen molar-refractivity contribution in [2.24, 2.45) is 11.8 Å². The van der Waals surface area contributed by atoms with Crippen LogP contribution in [-0.4, -0.2) is 19.7 Å². The summed E-state index contributed by atoms with van der Waals surface area (Å²) in [6.45, 7) is 7.17. The summed E-state index contributed by atoms with van der Waals surface area (Å²) >= 11 is 0. The van der Waals surface area contributed by atoms with Gasteiger partial charge in [0.1, 0.15) is 5.75 Å². The van der Waals surface area contributed by atoms with E-state index in [4.69, 9.17) is 15.2 Å². The van der Waals surface area contributed by atoms with Crippen LogP contribution in [0.5, 0.6) is 5.75 Å². The Morgan fingerprint density at radius 1 is 1.00 bits per heavy atom. The summed E-state index contributed by atoms with van der Waals surface area (Å²) in [5.41, 5.74) is 10.0. The topological polar surface area (TPSA) is 61.5 Å². The zero-order valence-electron chi connectivity index (χ0n) is 18.3. The zero-order chi connectivity index (χ0) is 21.7. The quantitative estimate of drug-likeness (QED) is 0.376. The first-order chi connectivity index (χ1) is 14.4. The van der Waals surface area contributed by atoms with Crippen LogP contribution in [0.2, 0.25) is 0 Å². The molecule has 0 aliphatic heterocycles. The highest BCUT2D eigenvalue weighted by molar-refractivity contribution is 5.89. The standard InChI is InChI=1S/C26H31NO3/c1-17(2)18(3)16-30-26-23(13-19(14-24(26)27)9-12-25(28)29-4)22-11-10-20-7-5-6-8-21(20)15-22/h5-8,10-11,13-15,17-18H,9,12,16,27H2,1-4H3. The SMILES string of the molecule is COC(=O)CCc1cc(N)c(OCC(C)C(C)C)c(-c2ccc3ccccc3c2)c1. The molecule has 0 heterocycles. The molecule has 0 aromatic heterocycles. The Morgan fingerprint density at radius 3 is 2.43 bits per heavy atom. The van der Waals surface area contributed by atoms with E-state index in [1.54, 1.807) is 0 Å². The number of nitrogens with two attached hydrogens (primary N) is 1. The van der Waals surface area contributed by atoms with Crippen LogP contribution in [0.25, 0.3) is 21.9 Å². The fourth-order valence-corrected chi connectivity index (χ4v) is 3.35. The van der Waals surface area contributed by atoms with E-state index in [0.717, 1.165) is 22.1 Å². The molecule has 1 unspecified atom stereocenters. The predicted octanol–water partition coefficient (Wildman–Crippen LogP) is 5.87. The Bertz CT molecular complexity index is 1030. The third-order valence-electron chi connectivity index (χ3n) is 5.71. The van der Waals surface area contributed by atoms with Crippen LogP contribution in [-0.2, 0) is 16.0 Å². The maximum Gasteiger partial charge on any atom is 0.305 e. The average molecular weight is 406 g/mol. The van der Waals surface area contributed by atoms with E-state index in [-0.39, 0.29) is 5.97 Å². The second-order valence-corrected chi connectivity index (χ2v) is 8.23. The molecule has 2 N–H and O–H groups in total. The summed E-state index contributed by atoms with van der Waals surface area (Å²) in [5, 5.41) is 2.35. The maximum atomic E-state index is 11.6. The molecule has 0 fully saturated rings. The van der Waals surface area contributed by atoms with E-state index in [0.29, 0.717) is 42.7 Å². The third-order valence-corrected chi connectivity index (χ3v) is 5.71. The van der Waals surface area contributed by atoms with Crippen LogP contribution < -0.4 is 10.5 Å². The number of esters is 1. The largest absolute Gasteiger partial charge is 0.490 e. The number of methoxy groups -OCH3 is 1. The molecule has 3 aromatic rings. The molecule has 0 radical (unpaired) electrons. The van der Waals surface area contributed by atoms with E-state index in [9.17, 15) is 4.79 Å². The highest BCUT2D eigenvalue weighted by Crippen LogP contribution is 2.38. The van der Waals surface area contributed by atoms with Crippen LogP contribution >= 0.6 is 0 Å². The first kappa shape index (κ1) is 21.7. The fraction of sp³-hybridized carbons (Fsp3) is 0.346. The lowest BCUT2D eigenvalue weighted by Gasteiger charge is -2.20. The molecule has 0 saturated carbocycles. The molecule has 0 aliphatic rings. The molecule has 0 amide bonds. The summed E-state index contributed by atoms with van der Waals surface area (Å²) < 4.78 is 11.0. The summed E-state index contributed by atoms with van der Waals surface area (Å²) in [6.07, 6.45) is 0.887. The molecule has 3 rings (SSSR count). The van der Waals surface area contributed by atoms with Crippen molar-refractivity contribution in [2.75, 3.05) is 19.5 Å². The van der Waals surface area contributed by atoms with E-state index in [1.165, 1.54) is 12.5 Å². The van der Waals surface area contributed by atoms with E-state index in [1.807, 2.05) is 18.2 Å². The zero-order valence-corrected chi connectivity index (χ0v) is 18.3. The molecule has 0 aliphatic carbocycles. The Hall–Kier alpha value is -3.01. The molecule has 4 nitrogen and oxygen atoms in total. The lowest BCUT2D eigenvalue weighted by molar-refractivity contribution is -0.140. The van der Waals surface area contributed by atoms with Gasteiger partial charge in [-0.3, -0.25) is 4.79 Å². The number of ether oxygens (including phenoxy) is 2. The van der Waals surface area contributed by atoms with Crippen molar-refractivity contribution >= 4 is 22.4 Å². The lowest BCUT2D eigenvalue weighted by Crippen LogP contribution is -2.15. The maximum absolute atomic E-state index is 11.6. The number of hydrogen-bond acceptors (Lipinski definition) is 4.